The van der Waals surface area contributed by atoms with E-state index in [9.17, 15) is 14.4 Å². The molecule has 0 aliphatic carbocycles. The monoisotopic (exact) mass is 447 g/mol. The van der Waals surface area contributed by atoms with Crippen LogP contribution in [0.4, 0.5) is 0 Å². The number of benzene rings is 1. The van der Waals surface area contributed by atoms with Crippen molar-refractivity contribution in [3.05, 3.63) is 24.3 Å². The predicted molar refractivity (Wildman–Crippen MR) is 117 cm³/mol. The quantitative estimate of drug-likeness (QED) is 0.536. The summed E-state index contributed by atoms with van der Waals surface area (Å²) in [6.07, 6.45) is 1.93. The molecule has 0 spiro atoms. The molecule has 32 heavy (non-hydrogen) atoms. The molecule has 9 heteroatoms. The molecule has 0 aromatic heterocycles. The number of methoxy groups -OCH3 is 2. The summed E-state index contributed by atoms with van der Waals surface area (Å²) < 4.78 is 15.6. The number of nitrogens with zero attached hydrogens (tertiary/aromatic N) is 2. The van der Waals surface area contributed by atoms with E-state index in [0.29, 0.717) is 51.0 Å². The van der Waals surface area contributed by atoms with Crippen molar-refractivity contribution in [1.29, 1.82) is 0 Å². The first-order chi connectivity index (χ1) is 15.5. The topological polar surface area (TPSA) is 97.4 Å². The minimum atomic E-state index is -0.295. The molecule has 1 N–H and O–H groups in total. The van der Waals surface area contributed by atoms with Crippen molar-refractivity contribution in [3.8, 4) is 11.5 Å². The molecule has 1 unspecified atom stereocenters. The van der Waals surface area contributed by atoms with Gasteiger partial charge in [0.15, 0.2) is 6.61 Å². The van der Waals surface area contributed by atoms with Gasteiger partial charge in [-0.2, -0.15) is 0 Å². The maximum Gasteiger partial charge on any atom is 0.260 e. The Morgan fingerprint density at radius 2 is 1.78 bits per heavy atom. The van der Waals surface area contributed by atoms with Crippen LogP contribution in [0.2, 0.25) is 0 Å². The maximum absolute atomic E-state index is 12.5. The minimum absolute atomic E-state index is 0.00146. The van der Waals surface area contributed by atoms with E-state index in [1.54, 1.807) is 43.4 Å². The van der Waals surface area contributed by atoms with Gasteiger partial charge in [0.25, 0.3) is 5.91 Å². The van der Waals surface area contributed by atoms with Gasteiger partial charge >= 0.3 is 0 Å². The van der Waals surface area contributed by atoms with Crippen molar-refractivity contribution < 1.29 is 28.6 Å². The number of carbonyl (C=O) groups excluding carboxylic acids is 3. The lowest BCUT2D eigenvalue weighted by Gasteiger charge is -2.34. The molecule has 3 rings (SSSR count). The van der Waals surface area contributed by atoms with Crippen LogP contribution in [-0.2, 0) is 19.1 Å². The largest absolute Gasteiger partial charge is 0.497 e. The van der Waals surface area contributed by atoms with E-state index >= 15 is 0 Å². The van der Waals surface area contributed by atoms with Crippen LogP contribution in [0.3, 0.4) is 0 Å². The molecule has 176 valence electrons. The van der Waals surface area contributed by atoms with Gasteiger partial charge < -0.3 is 29.3 Å². The molecule has 0 saturated carbocycles. The molecule has 1 atom stereocenters. The smallest absolute Gasteiger partial charge is 0.260 e. The van der Waals surface area contributed by atoms with Crippen molar-refractivity contribution in [3.63, 3.8) is 0 Å². The van der Waals surface area contributed by atoms with Gasteiger partial charge in [-0.3, -0.25) is 14.4 Å². The normalized spacial score (nSPS) is 19.2. The van der Waals surface area contributed by atoms with E-state index in [2.05, 4.69) is 5.32 Å². The van der Waals surface area contributed by atoms with Crippen molar-refractivity contribution in [1.82, 2.24) is 15.1 Å². The Morgan fingerprint density at radius 1 is 1.09 bits per heavy atom. The highest BCUT2D eigenvalue weighted by atomic mass is 16.5. The highest BCUT2D eigenvalue weighted by Crippen LogP contribution is 2.24. The van der Waals surface area contributed by atoms with Gasteiger partial charge in [-0.1, -0.05) is 0 Å². The van der Waals surface area contributed by atoms with E-state index < -0.39 is 0 Å². The summed E-state index contributed by atoms with van der Waals surface area (Å²) in [5.41, 5.74) is 0. The zero-order valence-corrected chi connectivity index (χ0v) is 18.9. The third-order valence-corrected chi connectivity index (χ3v) is 6.06. The molecule has 1 aromatic carbocycles. The second kappa shape index (κ2) is 11.7. The van der Waals surface area contributed by atoms with Gasteiger partial charge in [0.1, 0.15) is 11.5 Å². The Hall–Kier alpha value is -2.81. The Kier molecular flexibility index (Phi) is 8.72. The van der Waals surface area contributed by atoms with E-state index in [0.717, 1.165) is 18.6 Å². The molecule has 2 saturated heterocycles. The number of likely N-dealkylation sites (tertiary alicyclic amines) is 2. The van der Waals surface area contributed by atoms with Crippen molar-refractivity contribution in [2.45, 2.75) is 19.3 Å². The minimum Gasteiger partial charge on any atom is -0.497 e. The maximum atomic E-state index is 12.5. The summed E-state index contributed by atoms with van der Waals surface area (Å²) in [5.74, 6) is 1.31. The van der Waals surface area contributed by atoms with Gasteiger partial charge in [0, 0.05) is 46.3 Å². The molecule has 0 bridgehead atoms. The lowest BCUT2D eigenvalue weighted by atomic mass is 9.96. The fraction of sp³-hybridized carbons (Fsp3) is 0.609. The van der Waals surface area contributed by atoms with Gasteiger partial charge in [0.05, 0.1) is 19.6 Å². The molecule has 9 nitrogen and oxygen atoms in total. The number of nitrogens with one attached hydrogen (secondary N) is 1. The Labute approximate surface area is 189 Å². The Balaban J connectivity index is 1.37. The van der Waals surface area contributed by atoms with Crippen LogP contribution >= 0.6 is 0 Å². The Bertz CT molecular complexity index is 776. The van der Waals surface area contributed by atoms with E-state index in [1.165, 1.54) is 0 Å². The van der Waals surface area contributed by atoms with Crippen molar-refractivity contribution >= 4 is 17.7 Å². The summed E-state index contributed by atoms with van der Waals surface area (Å²) in [4.78, 5) is 40.7. The van der Waals surface area contributed by atoms with Crippen molar-refractivity contribution in [2.75, 3.05) is 60.2 Å². The number of piperidine rings is 1. The number of hydrogen-bond acceptors (Lipinski definition) is 6. The van der Waals surface area contributed by atoms with Gasteiger partial charge in [-0.25, -0.2) is 0 Å². The van der Waals surface area contributed by atoms with Crippen LogP contribution in [0.5, 0.6) is 11.5 Å². The average Bonchev–Trinajstić information content (AvgIpc) is 3.18. The van der Waals surface area contributed by atoms with Crippen LogP contribution in [0.15, 0.2) is 24.3 Å². The van der Waals surface area contributed by atoms with Crippen LogP contribution in [0.25, 0.3) is 0 Å². The van der Waals surface area contributed by atoms with E-state index in [4.69, 9.17) is 14.2 Å². The summed E-state index contributed by atoms with van der Waals surface area (Å²) in [6.45, 7) is 3.32. The van der Waals surface area contributed by atoms with Crippen LogP contribution in [-0.4, -0.2) is 87.7 Å². The van der Waals surface area contributed by atoms with E-state index in [1.807, 2.05) is 4.90 Å². The average molecular weight is 448 g/mol. The van der Waals surface area contributed by atoms with Crippen LogP contribution < -0.4 is 14.8 Å². The first-order valence-electron chi connectivity index (χ1n) is 11.1. The van der Waals surface area contributed by atoms with Gasteiger partial charge in [-0.15, -0.1) is 0 Å². The molecule has 2 heterocycles. The third-order valence-electron chi connectivity index (χ3n) is 6.06. The molecule has 1 aromatic rings. The molecule has 2 fully saturated rings. The number of rotatable bonds is 10. The molecule has 0 radical (unpaired) electrons. The lowest BCUT2D eigenvalue weighted by Crippen LogP contribution is -2.43. The second-order valence-corrected chi connectivity index (χ2v) is 8.27. The Morgan fingerprint density at radius 3 is 2.44 bits per heavy atom. The van der Waals surface area contributed by atoms with Crippen LogP contribution in [0, 0.1) is 11.8 Å². The summed E-state index contributed by atoms with van der Waals surface area (Å²) in [5, 5.41) is 2.81. The standard InChI is InChI=1S/C23H33N3O6/c1-30-12-9-24-23(29)18-13-21(27)26(15-18)14-17-7-10-25(11-8-17)22(28)16-32-20-5-3-19(31-2)4-6-20/h3-6,17-18H,7-16H2,1-2H3,(H,24,29). The highest BCUT2D eigenvalue weighted by molar-refractivity contribution is 5.89. The number of ether oxygens (including phenoxy) is 3. The third kappa shape index (κ3) is 6.59. The second-order valence-electron chi connectivity index (χ2n) is 8.27. The molecular weight excluding hydrogens is 414 g/mol. The number of hydrogen-bond donors (Lipinski definition) is 1. The van der Waals surface area contributed by atoms with Gasteiger partial charge in [-0.05, 0) is 43.0 Å². The summed E-state index contributed by atoms with van der Waals surface area (Å²) in [6, 6.07) is 7.13. The molecular formula is C23H33N3O6. The molecule has 2 aliphatic rings. The van der Waals surface area contributed by atoms with E-state index in [-0.39, 0.29) is 36.7 Å². The highest BCUT2D eigenvalue weighted by Gasteiger charge is 2.36. The van der Waals surface area contributed by atoms with Crippen molar-refractivity contribution in [2.24, 2.45) is 11.8 Å². The fourth-order valence-electron chi connectivity index (χ4n) is 4.13. The predicted octanol–water partition coefficient (Wildman–Crippen LogP) is 0.924. The molecule has 2 aliphatic heterocycles. The SMILES string of the molecule is COCCNC(=O)C1CC(=O)N(CC2CCN(C(=O)COc3ccc(OC)cc3)CC2)C1. The number of carbonyl (C=O) groups is 3. The molecule has 3 amide bonds. The number of amides is 3. The fourth-order valence-corrected chi connectivity index (χ4v) is 4.13. The first-order valence-corrected chi connectivity index (χ1v) is 11.1. The zero-order valence-electron chi connectivity index (χ0n) is 18.9. The summed E-state index contributed by atoms with van der Waals surface area (Å²) >= 11 is 0. The van der Waals surface area contributed by atoms with Gasteiger partial charge in [0.2, 0.25) is 11.8 Å². The summed E-state index contributed by atoms with van der Waals surface area (Å²) in [7, 11) is 3.18. The first kappa shape index (κ1) is 23.8. The lowest BCUT2D eigenvalue weighted by molar-refractivity contribution is -0.135. The van der Waals surface area contributed by atoms with Crippen LogP contribution in [0.1, 0.15) is 19.3 Å². The zero-order chi connectivity index (χ0) is 22.9.